The Labute approximate surface area is 98.9 Å². The molecule has 1 aliphatic heterocycles. The fourth-order valence-corrected chi connectivity index (χ4v) is 2.03. The van der Waals surface area contributed by atoms with Gasteiger partial charge in [0.2, 0.25) is 0 Å². The lowest BCUT2D eigenvalue weighted by atomic mass is 10.2. The fourth-order valence-electron chi connectivity index (χ4n) is 1.85. The Morgan fingerprint density at radius 3 is 3.06 bits per heavy atom. The van der Waals surface area contributed by atoms with Crippen LogP contribution in [0.25, 0.3) is 0 Å². The molecule has 1 heterocycles. The Morgan fingerprint density at radius 1 is 1.56 bits per heavy atom. The third-order valence-corrected chi connectivity index (χ3v) is 3.02. The Morgan fingerprint density at radius 2 is 2.38 bits per heavy atom. The maximum Gasteiger partial charge on any atom is 0.141 e. The molecule has 0 spiro atoms. The molecule has 1 fully saturated rings. The molecule has 2 N–H and O–H groups in total. The zero-order valence-corrected chi connectivity index (χ0v) is 9.58. The molecule has 0 saturated carbocycles. The van der Waals surface area contributed by atoms with Gasteiger partial charge in [0, 0.05) is 18.8 Å². The van der Waals surface area contributed by atoms with Crippen LogP contribution in [0.4, 0.5) is 10.1 Å². The first-order valence-corrected chi connectivity index (χ1v) is 5.59. The van der Waals surface area contributed by atoms with E-state index < -0.39 is 5.82 Å². The Hall–Kier alpha value is -0.840. The monoisotopic (exact) mass is 244 g/mol. The van der Waals surface area contributed by atoms with E-state index in [1.165, 1.54) is 6.07 Å². The first-order valence-electron chi connectivity index (χ1n) is 5.22. The van der Waals surface area contributed by atoms with Gasteiger partial charge in [-0.15, -0.1) is 0 Å². The summed E-state index contributed by atoms with van der Waals surface area (Å²) < 4.78 is 18.4. The normalized spacial score (nSPS) is 21.2. The summed E-state index contributed by atoms with van der Waals surface area (Å²) in [6.45, 7) is 2.52. The van der Waals surface area contributed by atoms with Crippen molar-refractivity contribution in [1.29, 1.82) is 0 Å². The third-order valence-electron chi connectivity index (χ3n) is 2.73. The van der Waals surface area contributed by atoms with E-state index in [2.05, 4.69) is 4.90 Å². The molecule has 0 bridgehead atoms. The van der Waals surface area contributed by atoms with Crippen LogP contribution in [-0.2, 0) is 4.74 Å². The molecule has 1 aliphatic rings. The molecule has 0 aliphatic carbocycles. The van der Waals surface area contributed by atoms with Crippen LogP contribution in [-0.4, -0.2) is 32.3 Å². The molecule has 2 rings (SSSR count). The summed E-state index contributed by atoms with van der Waals surface area (Å²) in [5.41, 5.74) is 6.56. The summed E-state index contributed by atoms with van der Waals surface area (Å²) >= 11 is 5.76. The largest absolute Gasteiger partial charge is 0.377 e. The number of rotatable bonds is 2. The Bertz CT molecular complexity index is 375. The predicted octanol–water partition coefficient (Wildman–Crippen LogP) is 1.64. The van der Waals surface area contributed by atoms with E-state index in [0.717, 1.165) is 12.2 Å². The van der Waals surface area contributed by atoms with Gasteiger partial charge in [-0.2, -0.15) is 0 Å². The Balaban J connectivity index is 2.23. The molecule has 0 aromatic heterocycles. The van der Waals surface area contributed by atoms with E-state index in [1.54, 1.807) is 12.1 Å². The Kier molecular flexibility index (Phi) is 3.63. The topological polar surface area (TPSA) is 38.5 Å². The molecular formula is C11H14ClFN2O. The number of nitrogens with zero attached hydrogens (tertiary/aromatic N) is 1. The average Bonchev–Trinajstić information content (AvgIpc) is 2.32. The number of nitrogens with two attached hydrogens (primary N) is 1. The van der Waals surface area contributed by atoms with Crippen LogP contribution in [0.3, 0.4) is 0 Å². The van der Waals surface area contributed by atoms with Crippen molar-refractivity contribution < 1.29 is 9.13 Å². The summed E-state index contributed by atoms with van der Waals surface area (Å²) in [5.74, 6) is -0.400. The second-order valence-corrected chi connectivity index (χ2v) is 4.16. The number of ether oxygens (including phenoxy) is 1. The molecule has 1 saturated heterocycles. The van der Waals surface area contributed by atoms with E-state index in [-0.39, 0.29) is 11.1 Å². The number of hydrogen-bond acceptors (Lipinski definition) is 3. The van der Waals surface area contributed by atoms with Crippen LogP contribution in [0, 0.1) is 5.82 Å². The van der Waals surface area contributed by atoms with E-state index in [4.69, 9.17) is 22.1 Å². The van der Waals surface area contributed by atoms with Crippen LogP contribution in [0.5, 0.6) is 0 Å². The van der Waals surface area contributed by atoms with Crippen LogP contribution >= 0.6 is 11.6 Å². The summed E-state index contributed by atoms with van der Waals surface area (Å²) in [6.07, 6.45) is 0. The maximum absolute atomic E-state index is 13.0. The summed E-state index contributed by atoms with van der Waals surface area (Å²) in [6, 6.07) is 4.86. The quantitative estimate of drug-likeness (QED) is 0.860. The average molecular weight is 245 g/mol. The highest BCUT2D eigenvalue weighted by atomic mass is 35.5. The van der Waals surface area contributed by atoms with Crippen molar-refractivity contribution in [2.45, 2.75) is 6.04 Å². The lowest BCUT2D eigenvalue weighted by molar-refractivity contribution is 0.0963. The predicted molar refractivity (Wildman–Crippen MR) is 62.4 cm³/mol. The minimum Gasteiger partial charge on any atom is -0.377 e. The van der Waals surface area contributed by atoms with Gasteiger partial charge in [0.15, 0.2) is 0 Å². The van der Waals surface area contributed by atoms with Crippen molar-refractivity contribution in [1.82, 2.24) is 0 Å². The van der Waals surface area contributed by atoms with E-state index >= 15 is 0 Å². The molecule has 1 atom stereocenters. The molecule has 5 heteroatoms. The number of benzene rings is 1. The SMILES string of the molecule is NCC1COCCN1c1ccc(F)c(Cl)c1. The van der Waals surface area contributed by atoms with E-state index in [0.29, 0.717) is 19.8 Å². The zero-order valence-electron chi connectivity index (χ0n) is 8.83. The van der Waals surface area contributed by atoms with Gasteiger partial charge < -0.3 is 15.4 Å². The van der Waals surface area contributed by atoms with Gasteiger partial charge in [-0.05, 0) is 18.2 Å². The highest BCUT2D eigenvalue weighted by Gasteiger charge is 2.22. The van der Waals surface area contributed by atoms with Gasteiger partial charge in [0.05, 0.1) is 24.3 Å². The first kappa shape index (κ1) is 11.6. The van der Waals surface area contributed by atoms with Crippen molar-refractivity contribution in [3.05, 3.63) is 29.0 Å². The molecule has 1 aromatic carbocycles. The molecular weight excluding hydrogens is 231 g/mol. The van der Waals surface area contributed by atoms with Gasteiger partial charge in [-0.3, -0.25) is 0 Å². The molecule has 1 aromatic rings. The van der Waals surface area contributed by atoms with Crippen molar-refractivity contribution >= 4 is 17.3 Å². The second kappa shape index (κ2) is 4.99. The van der Waals surface area contributed by atoms with E-state index in [1.807, 2.05) is 0 Å². The number of anilines is 1. The lowest BCUT2D eigenvalue weighted by Crippen LogP contribution is -2.49. The highest BCUT2D eigenvalue weighted by Crippen LogP contribution is 2.25. The molecule has 0 radical (unpaired) electrons. The lowest BCUT2D eigenvalue weighted by Gasteiger charge is -2.36. The van der Waals surface area contributed by atoms with Gasteiger partial charge in [-0.1, -0.05) is 11.6 Å². The minimum absolute atomic E-state index is 0.135. The summed E-state index contributed by atoms with van der Waals surface area (Å²) in [5, 5.41) is 0.139. The molecule has 16 heavy (non-hydrogen) atoms. The van der Waals surface area contributed by atoms with Crippen molar-refractivity contribution in [2.75, 3.05) is 31.2 Å². The van der Waals surface area contributed by atoms with Gasteiger partial charge >= 0.3 is 0 Å². The van der Waals surface area contributed by atoms with Crippen molar-refractivity contribution in [2.24, 2.45) is 5.73 Å². The van der Waals surface area contributed by atoms with E-state index in [9.17, 15) is 4.39 Å². The maximum atomic E-state index is 13.0. The van der Waals surface area contributed by atoms with Crippen LogP contribution in [0.2, 0.25) is 5.02 Å². The van der Waals surface area contributed by atoms with Crippen LogP contribution < -0.4 is 10.6 Å². The van der Waals surface area contributed by atoms with Gasteiger partial charge in [0.25, 0.3) is 0 Å². The third kappa shape index (κ3) is 2.29. The van der Waals surface area contributed by atoms with Crippen molar-refractivity contribution in [3.8, 4) is 0 Å². The second-order valence-electron chi connectivity index (χ2n) is 3.76. The van der Waals surface area contributed by atoms with Gasteiger partial charge in [0.1, 0.15) is 5.82 Å². The van der Waals surface area contributed by atoms with Crippen LogP contribution in [0.15, 0.2) is 18.2 Å². The number of morpholine rings is 1. The molecule has 1 unspecified atom stereocenters. The highest BCUT2D eigenvalue weighted by molar-refractivity contribution is 6.31. The smallest absolute Gasteiger partial charge is 0.141 e. The molecule has 3 nitrogen and oxygen atoms in total. The standard InChI is InChI=1S/C11H14ClFN2O/c12-10-5-8(1-2-11(10)13)15-3-4-16-7-9(15)6-14/h1-2,5,9H,3-4,6-7,14H2. The molecule has 0 amide bonds. The molecule has 88 valence electrons. The van der Waals surface area contributed by atoms with Gasteiger partial charge in [-0.25, -0.2) is 4.39 Å². The number of hydrogen-bond donors (Lipinski definition) is 1. The fraction of sp³-hybridized carbons (Fsp3) is 0.455. The summed E-state index contributed by atoms with van der Waals surface area (Å²) in [7, 11) is 0. The summed E-state index contributed by atoms with van der Waals surface area (Å²) in [4.78, 5) is 2.11. The van der Waals surface area contributed by atoms with Crippen LogP contribution in [0.1, 0.15) is 0 Å². The number of halogens is 2. The first-order chi connectivity index (χ1) is 7.72. The zero-order chi connectivity index (χ0) is 11.5. The van der Waals surface area contributed by atoms with Crippen molar-refractivity contribution in [3.63, 3.8) is 0 Å². The minimum atomic E-state index is -0.400.